The van der Waals surface area contributed by atoms with Crippen LogP contribution in [0.4, 0.5) is 0 Å². The first-order chi connectivity index (χ1) is 14.1. The number of ether oxygens (including phenoxy) is 1. The second-order valence-electron chi connectivity index (χ2n) is 7.53. The Bertz CT molecular complexity index is 874. The van der Waals surface area contributed by atoms with Crippen LogP contribution < -0.4 is 5.32 Å². The van der Waals surface area contributed by atoms with Gasteiger partial charge in [0.15, 0.2) is 17.6 Å². The van der Waals surface area contributed by atoms with E-state index in [1.54, 1.807) is 11.3 Å². The smallest absolute Gasteiger partial charge is 0.316 e. The fraction of sp³-hybridized carbons (Fsp3) is 0.526. The van der Waals surface area contributed by atoms with E-state index in [1.807, 2.05) is 49.8 Å². The Balaban J connectivity index is 1.80. The summed E-state index contributed by atoms with van der Waals surface area (Å²) in [6.07, 6.45) is 0. The monoisotopic (exact) mass is 453 g/mol. The van der Waals surface area contributed by atoms with Crippen LogP contribution in [0.2, 0.25) is 0 Å². The van der Waals surface area contributed by atoms with Gasteiger partial charge in [0.2, 0.25) is 5.91 Å². The van der Waals surface area contributed by atoms with Crippen molar-refractivity contribution in [3.05, 3.63) is 17.5 Å². The molecule has 0 bridgehead atoms. The Kier molecular flexibility index (Phi) is 8.42. The van der Waals surface area contributed by atoms with Gasteiger partial charge in [-0.15, -0.1) is 21.5 Å². The molecule has 0 aliphatic carbocycles. The van der Waals surface area contributed by atoms with Gasteiger partial charge in [0.1, 0.15) is 0 Å². The zero-order chi connectivity index (χ0) is 22.3. The third-order valence-electron chi connectivity index (χ3n) is 3.77. The van der Waals surface area contributed by atoms with Crippen LogP contribution in [0, 0.1) is 0 Å². The number of thiophene rings is 1. The standard InChI is InChI=1S/C19H27N5O4S2/c1-6-24-17(13-8-7-9-29-13)21-22-18(24)30-12-16(27)28-11-15(26)23(5)10-14(25)20-19(2,3)4/h7-9H,6,10-12H2,1-5H3,(H,20,25). The molecule has 0 unspecified atom stereocenters. The maximum atomic E-state index is 12.1. The van der Waals surface area contributed by atoms with E-state index in [2.05, 4.69) is 15.5 Å². The lowest BCUT2D eigenvalue weighted by atomic mass is 10.1. The molecule has 1 N–H and O–H groups in total. The lowest BCUT2D eigenvalue weighted by Crippen LogP contribution is -2.46. The molecule has 9 nitrogen and oxygen atoms in total. The summed E-state index contributed by atoms with van der Waals surface area (Å²) >= 11 is 2.77. The summed E-state index contributed by atoms with van der Waals surface area (Å²) in [6.45, 7) is 7.69. The molecule has 11 heteroatoms. The number of nitrogens with zero attached hydrogens (tertiary/aromatic N) is 4. The van der Waals surface area contributed by atoms with E-state index >= 15 is 0 Å². The average molecular weight is 454 g/mol. The molecule has 2 aromatic heterocycles. The minimum Gasteiger partial charge on any atom is -0.455 e. The predicted molar refractivity (Wildman–Crippen MR) is 116 cm³/mol. The van der Waals surface area contributed by atoms with Gasteiger partial charge in [-0.1, -0.05) is 17.8 Å². The van der Waals surface area contributed by atoms with Crippen LogP contribution in [0.3, 0.4) is 0 Å². The molecule has 0 saturated heterocycles. The zero-order valence-corrected chi connectivity index (χ0v) is 19.4. The number of esters is 1. The second kappa shape index (κ2) is 10.6. The van der Waals surface area contributed by atoms with Gasteiger partial charge in [-0.3, -0.25) is 14.4 Å². The molecule has 30 heavy (non-hydrogen) atoms. The Morgan fingerprint density at radius 3 is 2.63 bits per heavy atom. The number of carbonyl (C=O) groups excluding carboxylic acids is 3. The highest BCUT2D eigenvalue weighted by Crippen LogP contribution is 2.27. The van der Waals surface area contributed by atoms with Crippen molar-refractivity contribution in [3.63, 3.8) is 0 Å². The molecule has 2 amide bonds. The van der Waals surface area contributed by atoms with Crippen LogP contribution >= 0.6 is 23.1 Å². The molecule has 0 spiro atoms. The van der Waals surface area contributed by atoms with Crippen molar-refractivity contribution in [2.75, 3.05) is 26.0 Å². The van der Waals surface area contributed by atoms with Gasteiger partial charge in [0.05, 0.1) is 17.2 Å². The van der Waals surface area contributed by atoms with Crippen molar-refractivity contribution in [1.29, 1.82) is 0 Å². The predicted octanol–water partition coefficient (Wildman–Crippen LogP) is 2.03. The highest BCUT2D eigenvalue weighted by atomic mass is 32.2. The van der Waals surface area contributed by atoms with Crippen LogP contribution in [0.1, 0.15) is 27.7 Å². The van der Waals surface area contributed by atoms with Crippen LogP contribution in [0.5, 0.6) is 0 Å². The van der Waals surface area contributed by atoms with Crippen molar-refractivity contribution < 1.29 is 19.1 Å². The first-order valence-electron chi connectivity index (χ1n) is 9.41. The lowest BCUT2D eigenvalue weighted by molar-refractivity contribution is -0.149. The van der Waals surface area contributed by atoms with Crippen LogP contribution in [0.15, 0.2) is 22.7 Å². The maximum Gasteiger partial charge on any atom is 0.316 e. The Morgan fingerprint density at radius 1 is 1.30 bits per heavy atom. The number of amides is 2. The number of aromatic nitrogens is 3. The van der Waals surface area contributed by atoms with Crippen molar-refractivity contribution >= 4 is 40.9 Å². The fourth-order valence-corrected chi connectivity index (χ4v) is 3.97. The Morgan fingerprint density at radius 2 is 2.03 bits per heavy atom. The normalized spacial score (nSPS) is 11.2. The summed E-state index contributed by atoms with van der Waals surface area (Å²) in [5, 5.41) is 13.7. The van der Waals surface area contributed by atoms with Gasteiger partial charge in [-0.25, -0.2) is 0 Å². The summed E-state index contributed by atoms with van der Waals surface area (Å²) < 4.78 is 6.97. The minimum atomic E-state index is -0.538. The highest BCUT2D eigenvalue weighted by Gasteiger charge is 2.20. The highest BCUT2D eigenvalue weighted by molar-refractivity contribution is 7.99. The number of rotatable bonds is 9. The number of likely N-dealkylation sites (N-methyl/N-ethyl adjacent to an activating group) is 1. The Labute approximate surface area is 184 Å². The Hall–Kier alpha value is -2.40. The molecule has 0 radical (unpaired) electrons. The fourth-order valence-electron chi connectivity index (χ4n) is 2.45. The molecule has 0 saturated carbocycles. The molecule has 0 aromatic carbocycles. The van der Waals surface area contributed by atoms with E-state index in [4.69, 9.17) is 4.74 Å². The van der Waals surface area contributed by atoms with E-state index in [0.717, 1.165) is 10.7 Å². The average Bonchev–Trinajstić information content (AvgIpc) is 3.31. The third-order valence-corrected chi connectivity index (χ3v) is 5.58. The molecule has 2 aromatic rings. The number of thioether (sulfide) groups is 1. The molecule has 164 valence electrons. The summed E-state index contributed by atoms with van der Waals surface area (Å²) in [7, 11) is 1.49. The summed E-state index contributed by atoms with van der Waals surface area (Å²) in [5.74, 6) is -0.503. The maximum absolute atomic E-state index is 12.1. The summed E-state index contributed by atoms with van der Waals surface area (Å²) in [6, 6.07) is 3.91. The number of hydrogen-bond donors (Lipinski definition) is 1. The minimum absolute atomic E-state index is 0.00405. The van der Waals surface area contributed by atoms with Crippen LogP contribution in [-0.4, -0.2) is 68.9 Å². The number of carbonyl (C=O) groups is 3. The number of nitrogens with one attached hydrogen (secondary N) is 1. The SMILES string of the molecule is CCn1c(SCC(=O)OCC(=O)N(C)CC(=O)NC(C)(C)C)nnc1-c1cccs1. The molecule has 2 heterocycles. The first kappa shape index (κ1) is 23.9. The summed E-state index contributed by atoms with van der Waals surface area (Å²) in [5.41, 5.74) is -0.382. The van der Waals surface area contributed by atoms with E-state index in [-0.39, 0.29) is 23.7 Å². The molecule has 0 aliphatic rings. The quantitative estimate of drug-likeness (QED) is 0.457. The van der Waals surface area contributed by atoms with Gasteiger partial charge in [0.25, 0.3) is 5.91 Å². The van der Waals surface area contributed by atoms with Crippen LogP contribution in [0.25, 0.3) is 10.7 Å². The van der Waals surface area contributed by atoms with E-state index in [9.17, 15) is 14.4 Å². The van der Waals surface area contributed by atoms with E-state index in [1.165, 1.54) is 23.7 Å². The van der Waals surface area contributed by atoms with E-state index < -0.39 is 18.5 Å². The largest absolute Gasteiger partial charge is 0.455 e. The first-order valence-corrected chi connectivity index (χ1v) is 11.3. The zero-order valence-electron chi connectivity index (χ0n) is 17.8. The van der Waals surface area contributed by atoms with Crippen molar-refractivity contribution in [2.45, 2.75) is 44.9 Å². The third kappa shape index (κ3) is 7.13. The molecule has 2 rings (SSSR count). The molecule has 0 aliphatic heterocycles. The van der Waals surface area contributed by atoms with Gasteiger partial charge < -0.3 is 19.5 Å². The van der Waals surface area contributed by atoms with Gasteiger partial charge in [-0.05, 0) is 39.1 Å². The summed E-state index contributed by atoms with van der Waals surface area (Å²) in [4.78, 5) is 38.2. The van der Waals surface area contributed by atoms with Gasteiger partial charge in [0, 0.05) is 19.1 Å². The topological polar surface area (TPSA) is 106 Å². The van der Waals surface area contributed by atoms with Gasteiger partial charge in [-0.2, -0.15) is 0 Å². The van der Waals surface area contributed by atoms with Crippen molar-refractivity contribution in [3.8, 4) is 10.7 Å². The molecular formula is C19H27N5O4S2. The van der Waals surface area contributed by atoms with Crippen LogP contribution in [-0.2, 0) is 25.7 Å². The molecular weight excluding hydrogens is 426 g/mol. The van der Waals surface area contributed by atoms with E-state index in [0.29, 0.717) is 11.7 Å². The lowest BCUT2D eigenvalue weighted by Gasteiger charge is -2.23. The molecule has 0 fully saturated rings. The van der Waals surface area contributed by atoms with Crippen molar-refractivity contribution in [1.82, 2.24) is 25.0 Å². The van der Waals surface area contributed by atoms with Crippen molar-refractivity contribution in [2.24, 2.45) is 0 Å². The number of hydrogen-bond acceptors (Lipinski definition) is 8. The molecule has 0 atom stereocenters. The second-order valence-corrected chi connectivity index (χ2v) is 9.42. The van der Waals surface area contributed by atoms with Gasteiger partial charge >= 0.3 is 5.97 Å².